The lowest BCUT2D eigenvalue weighted by Gasteiger charge is -2.46. The Hall–Kier alpha value is -2.54. The number of likely N-dealkylation sites (N-methyl/N-ethyl adjacent to an activating group) is 1. The van der Waals surface area contributed by atoms with Gasteiger partial charge in [0.2, 0.25) is 0 Å². The highest BCUT2D eigenvalue weighted by Crippen LogP contribution is 2.46. The van der Waals surface area contributed by atoms with E-state index in [2.05, 4.69) is 4.99 Å². The van der Waals surface area contributed by atoms with Crippen molar-refractivity contribution in [1.29, 1.82) is 0 Å². The second-order valence-corrected chi connectivity index (χ2v) is 7.14. The van der Waals surface area contributed by atoms with Crippen LogP contribution in [0.2, 0.25) is 0 Å². The molecule has 27 heavy (non-hydrogen) atoms. The second-order valence-electron chi connectivity index (χ2n) is 7.14. The Morgan fingerprint density at radius 1 is 1.11 bits per heavy atom. The van der Waals surface area contributed by atoms with E-state index in [1.54, 1.807) is 38.2 Å². The van der Waals surface area contributed by atoms with E-state index in [0.717, 1.165) is 6.92 Å². The van der Waals surface area contributed by atoms with Gasteiger partial charge in [-0.25, -0.2) is 18.2 Å². The summed E-state index contributed by atoms with van der Waals surface area (Å²) in [5.74, 6) is -3.80. The number of hydrogen-bond donors (Lipinski definition) is 2. The van der Waals surface area contributed by atoms with Crippen LogP contribution in [-0.4, -0.2) is 29.2 Å². The molecule has 0 fully saturated rings. The Morgan fingerprint density at radius 3 is 2.19 bits per heavy atom. The van der Waals surface area contributed by atoms with Crippen molar-refractivity contribution in [3.05, 3.63) is 71.0 Å². The molecule has 4 nitrogen and oxygen atoms in total. The van der Waals surface area contributed by atoms with Crippen LogP contribution in [0.3, 0.4) is 0 Å². The summed E-state index contributed by atoms with van der Waals surface area (Å²) in [5, 5.41) is 10.9. The van der Waals surface area contributed by atoms with E-state index < -0.39 is 23.6 Å². The van der Waals surface area contributed by atoms with Gasteiger partial charge in [0.15, 0.2) is 5.96 Å². The maximum absolute atomic E-state index is 13.5. The van der Waals surface area contributed by atoms with Gasteiger partial charge in [0.1, 0.15) is 12.0 Å². The van der Waals surface area contributed by atoms with E-state index in [4.69, 9.17) is 5.73 Å². The molecule has 3 rings (SSSR count). The van der Waals surface area contributed by atoms with Crippen LogP contribution in [-0.2, 0) is 11.5 Å². The number of benzene rings is 2. The number of guanidine groups is 1. The first-order chi connectivity index (χ1) is 12.5. The fourth-order valence-corrected chi connectivity index (χ4v) is 3.55. The summed E-state index contributed by atoms with van der Waals surface area (Å²) in [6.07, 6.45) is -1.04. The lowest BCUT2D eigenvalue weighted by Crippen LogP contribution is -2.55. The molecule has 144 valence electrons. The molecule has 0 bridgehead atoms. The molecule has 0 aliphatic carbocycles. The third-order valence-electron chi connectivity index (χ3n) is 5.21. The van der Waals surface area contributed by atoms with Crippen molar-refractivity contribution >= 4 is 5.96 Å². The number of alkyl halides is 2. The SMILES string of the molecule is CN1C(N)=N[C@](C)(c2ccc(F)cc2)[C@@H](c2ccc(C(C)(F)F)cc2)C1O. The van der Waals surface area contributed by atoms with E-state index in [1.807, 2.05) is 0 Å². The lowest BCUT2D eigenvalue weighted by atomic mass is 9.73. The van der Waals surface area contributed by atoms with Crippen LogP contribution >= 0.6 is 0 Å². The first kappa shape index (κ1) is 19.2. The van der Waals surface area contributed by atoms with Crippen LogP contribution in [0.4, 0.5) is 13.2 Å². The maximum atomic E-state index is 13.5. The van der Waals surface area contributed by atoms with Gasteiger partial charge < -0.3 is 15.7 Å². The highest BCUT2D eigenvalue weighted by atomic mass is 19.3. The van der Waals surface area contributed by atoms with Gasteiger partial charge in [0.05, 0.1) is 11.5 Å². The predicted molar refractivity (Wildman–Crippen MR) is 97.9 cm³/mol. The van der Waals surface area contributed by atoms with Crippen LogP contribution in [0, 0.1) is 5.82 Å². The molecule has 0 saturated heterocycles. The molecule has 0 radical (unpaired) electrons. The standard InChI is InChI=1S/C20H22F3N3O/c1-19(13-8-10-15(21)11-9-13)16(17(27)26(3)18(24)25-19)12-4-6-14(7-5-12)20(2,22)23/h4-11,16-17,27H,1-3H3,(H2,24,25)/t16-,17?,19+/m0/s1. The molecule has 3 atom stereocenters. The number of nitrogens with zero attached hydrogens (tertiary/aromatic N) is 2. The van der Waals surface area contributed by atoms with E-state index in [0.29, 0.717) is 11.1 Å². The minimum absolute atomic E-state index is 0.114. The highest BCUT2D eigenvalue weighted by Gasteiger charge is 2.47. The summed E-state index contributed by atoms with van der Waals surface area (Å²) in [4.78, 5) is 5.99. The quantitative estimate of drug-likeness (QED) is 0.860. The summed E-state index contributed by atoms with van der Waals surface area (Å²) in [6, 6.07) is 11.6. The monoisotopic (exact) mass is 377 g/mol. The van der Waals surface area contributed by atoms with Gasteiger partial charge in [-0.2, -0.15) is 0 Å². The minimum Gasteiger partial charge on any atom is -0.373 e. The molecule has 0 aromatic heterocycles. The maximum Gasteiger partial charge on any atom is 0.270 e. The van der Waals surface area contributed by atoms with Crippen molar-refractivity contribution in [2.45, 2.75) is 37.5 Å². The van der Waals surface area contributed by atoms with E-state index >= 15 is 0 Å². The molecular formula is C20H22F3N3O. The van der Waals surface area contributed by atoms with Gasteiger partial charge in [-0.05, 0) is 30.2 Å². The fraction of sp³-hybridized carbons (Fsp3) is 0.350. The fourth-order valence-electron chi connectivity index (χ4n) is 3.55. The van der Waals surface area contributed by atoms with Crippen LogP contribution < -0.4 is 5.73 Å². The van der Waals surface area contributed by atoms with Crippen molar-refractivity contribution in [1.82, 2.24) is 4.90 Å². The van der Waals surface area contributed by atoms with Gasteiger partial charge in [-0.3, -0.25) is 0 Å². The second kappa shape index (κ2) is 6.56. The Morgan fingerprint density at radius 2 is 1.67 bits per heavy atom. The molecule has 3 N–H and O–H groups in total. The van der Waals surface area contributed by atoms with Crippen LogP contribution in [0.5, 0.6) is 0 Å². The lowest BCUT2D eigenvalue weighted by molar-refractivity contribution is 0.00549. The van der Waals surface area contributed by atoms with Crippen LogP contribution in [0.25, 0.3) is 0 Å². The number of aliphatic hydroxyl groups excluding tert-OH is 1. The molecule has 0 spiro atoms. The molecule has 1 heterocycles. The van der Waals surface area contributed by atoms with Crippen molar-refractivity contribution < 1.29 is 18.3 Å². The van der Waals surface area contributed by atoms with E-state index in [-0.39, 0.29) is 17.3 Å². The zero-order valence-electron chi connectivity index (χ0n) is 15.3. The Balaban J connectivity index is 2.13. The summed E-state index contributed by atoms with van der Waals surface area (Å²) in [5.41, 5.74) is 6.15. The normalized spacial score (nSPS) is 26.0. The number of hydrogen-bond acceptors (Lipinski definition) is 4. The van der Waals surface area contributed by atoms with Gasteiger partial charge in [0.25, 0.3) is 5.92 Å². The summed E-state index contributed by atoms with van der Waals surface area (Å²) >= 11 is 0. The average Bonchev–Trinajstić information content (AvgIpc) is 2.60. The number of aliphatic hydroxyl groups is 1. The van der Waals surface area contributed by atoms with Gasteiger partial charge in [-0.1, -0.05) is 36.4 Å². The molecule has 2 aromatic rings. The Labute approximate surface area is 156 Å². The van der Waals surface area contributed by atoms with Crippen LogP contribution in [0.15, 0.2) is 53.5 Å². The van der Waals surface area contributed by atoms with Gasteiger partial charge >= 0.3 is 0 Å². The zero-order valence-corrected chi connectivity index (χ0v) is 15.3. The first-order valence-electron chi connectivity index (χ1n) is 8.54. The van der Waals surface area contributed by atoms with Crippen molar-refractivity contribution in [2.75, 3.05) is 7.05 Å². The highest BCUT2D eigenvalue weighted by molar-refractivity contribution is 5.80. The summed E-state index contributed by atoms with van der Waals surface area (Å²) in [7, 11) is 1.61. The third-order valence-corrected chi connectivity index (χ3v) is 5.21. The molecule has 1 unspecified atom stereocenters. The molecule has 2 aromatic carbocycles. The minimum atomic E-state index is -2.96. The topological polar surface area (TPSA) is 61.8 Å². The number of aliphatic imine (C=N–C) groups is 1. The molecule has 1 aliphatic heterocycles. The van der Waals surface area contributed by atoms with Crippen LogP contribution in [0.1, 0.15) is 36.5 Å². The largest absolute Gasteiger partial charge is 0.373 e. The Kier molecular flexibility index (Phi) is 4.67. The third kappa shape index (κ3) is 3.39. The Bertz CT molecular complexity index is 846. The average molecular weight is 377 g/mol. The number of halogens is 3. The first-order valence-corrected chi connectivity index (χ1v) is 8.54. The van der Waals surface area contributed by atoms with Crippen molar-refractivity contribution in [3.8, 4) is 0 Å². The van der Waals surface area contributed by atoms with Gasteiger partial charge in [0, 0.05) is 19.5 Å². The molecule has 0 amide bonds. The van der Waals surface area contributed by atoms with E-state index in [1.165, 1.54) is 29.2 Å². The van der Waals surface area contributed by atoms with Crippen molar-refractivity contribution in [2.24, 2.45) is 10.7 Å². The number of rotatable bonds is 3. The smallest absolute Gasteiger partial charge is 0.270 e. The molecule has 1 aliphatic rings. The molecule has 7 heteroatoms. The predicted octanol–water partition coefficient (Wildman–Crippen LogP) is 3.51. The molecule has 0 saturated carbocycles. The molecular weight excluding hydrogens is 355 g/mol. The van der Waals surface area contributed by atoms with Crippen molar-refractivity contribution in [3.63, 3.8) is 0 Å². The summed E-state index contributed by atoms with van der Waals surface area (Å²) in [6.45, 7) is 2.62. The van der Waals surface area contributed by atoms with E-state index in [9.17, 15) is 18.3 Å². The zero-order chi connectivity index (χ0) is 20.0. The van der Waals surface area contributed by atoms with Gasteiger partial charge in [-0.15, -0.1) is 0 Å². The summed E-state index contributed by atoms with van der Waals surface area (Å²) < 4.78 is 40.5. The number of nitrogens with two attached hydrogens (primary N) is 1.